The fraction of sp³-hybridized carbons (Fsp3) is 0.143. The van der Waals surface area contributed by atoms with E-state index in [-0.39, 0.29) is 10.2 Å². The Balaban J connectivity index is 2.31. The molecule has 9 heteroatoms. The van der Waals surface area contributed by atoms with E-state index >= 15 is 0 Å². The summed E-state index contributed by atoms with van der Waals surface area (Å²) in [4.78, 5) is 0. The average molecular weight is 324 g/mol. The van der Waals surface area contributed by atoms with Crippen molar-refractivity contribution in [2.45, 2.75) is 11.1 Å². The summed E-state index contributed by atoms with van der Waals surface area (Å²) in [5.74, 6) is 0.294. The fourth-order valence-corrected chi connectivity index (χ4v) is 4.23. The van der Waals surface area contributed by atoms with Gasteiger partial charge in [-0.1, -0.05) is 5.10 Å². The van der Waals surface area contributed by atoms with Crippen LogP contribution in [0.4, 0.5) is 6.01 Å². The third-order valence-electron chi connectivity index (χ3n) is 1.58. The molecule has 2 aromatic heterocycles. The summed E-state index contributed by atoms with van der Waals surface area (Å²) in [5, 5.41) is 8.74. The van der Waals surface area contributed by atoms with E-state index in [1.807, 2.05) is 0 Å². The smallest absolute Gasteiger partial charge is 0.329 e. The number of rotatable bonds is 3. The SMILES string of the molecule is Cc1nnc(NS(=O)(=O)c2sccc2Br)o1. The Labute approximate surface area is 104 Å². The molecule has 6 nitrogen and oxygen atoms in total. The average Bonchev–Trinajstić information content (AvgIpc) is 2.74. The maximum absolute atomic E-state index is 11.8. The van der Waals surface area contributed by atoms with E-state index in [0.29, 0.717) is 10.4 Å². The number of nitrogens with one attached hydrogen (secondary N) is 1. The maximum atomic E-state index is 11.8. The summed E-state index contributed by atoms with van der Waals surface area (Å²) < 4.78 is 31.5. The summed E-state index contributed by atoms with van der Waals surface area (Å²) in [6, 6.07) is 1.51. The number of thiophene rings is 1. The van der Waals surface area contributed by atoms with Gasteiger partial charge in [-0.3, -0.25) is 0 Å². The minimum Gasteiger partial charge on any atom is -0.408 e. The zero-order valence-electron chi connectivity index (χ0n) is 7.97. The van der Waals surface area contributed by atoms with Crippen LogP contribution < -0.4 is 4.72 Å². The van der Waals surface area contributed by atoms with Crippen LogP contribution >= 0.6 is 27.3 Å². The Kier molecular flexibility index (Phi) is 3.00. The van der Waals surface area contributed by atoms with Crippen molar-refractivity contribution in [1.82, 2.24) is 10.2 Å². The quantitative estimate of drug-likeness (QED) is 0.933. The fourth-order valence-electron chi connectivity index (χ4n) is 0.971. The first kappa shape index (κ1) is 11.6. The molecule has 2 heterocycles. The number of aromatic nitrogens is 2. The van der Waals surface area contributed by atoms with E-state index in [0.717, 1.165) is 11.3 Å². The van der Waals surface area contributed by atoms with Gasteiger partial charge in [0.15, 0.2) is 4.21 Å². The van der Waals surface area contributed by atoms with Crippen LogP contribution in [0, 0.1) is 6.92 Å². The molecule has 0 radical (unpaired) electrons. The van der Waals surface area contributed by atoms with Crippen LogP contribution in [-0.2, 0) is 10.0 Å². The van der Waals surface area contributed by atoms with Crippen LogP contribution in [0.1, 0.15) is 5.89 Å². The summed E-state index contributed by atoms with van der Waals surface area (Å²) in [5.41, 5.74) is 0. The number of hydrogen-bond acceptors (Lipinski definition) is 6. The zero-order valence-corrected chi connectivity index (χ0v) is 11.2. The first-order chi connectivity index (χ1) is 7.49. The molecule has 0 aliphatic heterocycles. The van der Waals surface area contributed by atoms with Crippen LogP contribution in [0.15, 0.2) is 24.5 Å². The highest BCUT2D eigenvalue weighted by Gasteiger charge is 2.21. The highest BCUT2D eigenvalue weighted by Crippen LogP contribution is 2.28. The molecule has 0 bridgehead atoms. The Bertz CT molecular complexity index is 604. The lowest BCUT2D eigenvalue weighted by Crippen LogP contribution is -2.12. The van der Waals surface area contributed by atoms with E-state index in [1.165, 1.54) is 0 Å². The normalized spacial score (nSPS) is 11.6. The van der Waals surface area contributed by atoms with E-state index in [9.17, 15) is 8.42 Å². The molecule has 2 rings (SSSR count). The Morgan fingerprint density at radius 1 is 1.50 bits per heavy atom. The third kappa shape index (κ3) is 2.25. The number of nitrogens with zero attached hydrogens (tertiary/aromatic N) is 2. The van der Waals surface area contributed by atoms with Crippen molar-refractivity contribution in [3.63, 3.8) is 0 Å². The Morgan fingerprint density at radius 2 is 2.25 bits per heavy atom. The second-order valence-electron chi connectivity index (χ2n) is 2.79. The van der Waals surface area contributed by atoms with E-state index in [4.69, 9.17) is 4.42 Å². The molecule has 0 saturated heterocycles. The van der Waals surface area contributed by atoms with Gasteiger partial charge in [-0.15, -0.1) is 16.4 Å². The molecule has 16 heavy (non-hydrogen) atoms. The van der Waals surface area contributed by atoms with Crippen molar-refractivity contribution in [3.05, 3.63) is 21.8 Å². The minimum atomic E-state index is -3.66. The lowest BCUT2D eigenvalue weighted by atomic mass is 10.7. The third-order valence-corrected chi connectivity index (χ3v) is 5.57. The second-order valence-corrected chi connectivity index (χ2v) is 6.44. The van der Waals surface area contributed by atoms with Crippen molar-refractivity contribution in [2.24, 2.45) is 0 Å². The lowest BCUT2D eigenvalue weighted by molar-refractivity contribution is 0.534. The van der Waals surface area contributed by atoms with Gasteiger partial charge in [-0.25, -0.2) is 13.1 Å². The van der Waals surface area contributed by atoms with Gasteiger partial charge in [0.1, 0.15) is 0 Å². The van der Waals surface area contributed by atoms with E-state index in [2.05, 4.69) is 30.8 Å². The molecule has 0 atom stereocenters. The predicted octanol–water partition coefficient (Wildman–Crippen LogP) is 2.00. The first-order valence-corrected chi connectivity index (χ1v) is 7.20. The van der Waals surface area contributed by atoms with Gasteiger partial charge in [-0.05, 0) is 27.4 Å². The molecule has 0 aromatic carbocycles. The number of sulfonamides is 1. The standard InChI is InChI=1S/C7H6BrN3O3S2/c1-4-9-10-7(14-4)11-16(12,13)6-5(8)2-3-15-6/h2-3H,1H3,(H,10,11). The predicted molar refractivity (Wildman–Crippen MR) is 61.9 cm³/mol. The van der Waals surface area contributed by atoms with Crippen molar-refractivity contribution in [2.75, 3.05) is 4.72 Å². The van der Waals surface area contributed by atoms with Crippen LogP contribution in [0.5, 0.6) is 0 Å². The number of aryl methyl sites for hydroxylation is 1. The van der Waals surface area contributed by atoms with Crippen LogP contribution in [0.2, 0.25) is 0 Å². The molecule has 0 unspecified atom stereocenters. The van der Waals surface area contributed by atoms with E-state index in [1.54, 1.807) is 18.4 Å². The molecule has 0 aliphatic rings. The van der Waals surface area contributed by atoms with Crippen molar-refractivity contribution >= 4 is 43.3 Å². The van der Waals surface area contributed by atoms with Gasteiger partial charge in [-0.2, -0.15) is 0 Å². The molecule has 86 valence electrons. The van der Waals surface area contributed by atoms with Crippen molar-refractivity contribution < 1.29 is 12.8 Å². The van der Waals surface area contributed by atoms with Gasteiger partial charge in [0.25, 0.3) is 10.0 Å². The van der Waals surface area contributed by atoms with Gasteiger partial charge in [0.05, 0.1) is 0 Å². The van der Waals surface area contributed by atoms with Crippen LogP contribution in [-0.4, -0.2) is 18.6 Å². The number of anilines is 1. The zero-order chi connectivity index (χ0) is 11.8. The highest BCUT2D eigenvalue weighted by atomic mass is 79.9. The minimum absolute atomic E-state index is 0.141. The van der Waals surface area contributed by atoms with E-state index < -0.39 is 10.0 Å². The van der Waals surface area contributed by atoms with Gasteiger partial charge >= 0.3 is 6.01 Å². The molecule has 0 saturated carbocycles. The number of hydrogen-bond donors (Lipinski definition) is 1. The summed E-state index contributed by atoms with van der Waals surface area (Å²) in [6.07, 6.45) is 0. The number of halogens is 1. The Morgan fingerprint density at radius 3 is 2.75 bits per heavy atom. The van der Waals surface area contributed by atoms with Gasteiger partial charge in [0.2, 0.25) is 5.89 Å². The molecular formula is C7H6BrN3O3S2. The van der Waals surface area contributed by atoms with Gasteiger partial charge < -0.3 is 4.42 Å². The summed E-state index contributed by atoms with van der Waals surface area (Å²) in [7, 11) is -3.66. The summed E-state index contributed by atoms with van der Waals surface area (Å²) in [6.45, 7) is 1.58. The largest absolute Gasteiger partial charge is 0.408 e. The first-order valence-electron chi connectivity index (χ1n) is 4.05. The van der Waals surface area contributed by atoms with Crippen molar-refractivity contribution in [1.29, 1.82) is 0 Å². The molecular weight excluding hydrogens is 318 g/mol. The van der Waals surface area contributed by atoms with Crippen molar-refractivity contribution in [3.8, 4) is 0 Å². The van der Waals surface area contributed by atoms with Crippen LogP contribution in [0.3, 0.4) is 0 Å². The van der Waals surface area contributed by atoms with Crippen LogP contribution in [0.25, 0.3) is 0 Å². The molecule has 1 N–H and O–H groups in total. The maximum Gasteiger partial charge on any atom is 0.329 e. The van der Waals surface area contributed by atoms with Gasteiger partial charge in [0, 0.05) is 11.4 Å². The highest BCUT2D eigenvalue weighted by molar-refractivity contribution is 9.10. The second kappa shape index (κ2) is 4.15. The molecule has 0 amide bonds. The monoisotopic (exact) mass is 323 g/mol. The molecule has 0 aliphatic carbocycles. The lowest BCUT2D eigenvalue weighted by Gasteiger charge is -2.01. The molecule has 0 spiro atoms. The molecule has 2 aromatic rings. The Hall–Kier alpha value is -0.930. The topological polar surface area (TPSA) is 85.1 Å². The summed E-state index contributed by atoms with van der Waals surface area (Å²) >= 11 is 4.24. The molecule has 0 fully saturated rings.